The van der Waals surface area contributed by atoms with Crippen LogP contribution in [0.1, 0.15) is 5.56 Å². The first-order valence-corrected chi connectivity index (χ1v) is 6.52. The maximum Gasteiger partial charge on any atom is 0.322 e. The number of amides is 3. The number of carbonyl (C=O) groups excluding carboxylic acids is 3. The van der Waals surface area contributed by atoms with Crippen LogP contribution in [-0.4, -0.2) is 48.4 Å². The lowest BCUT2D eigenvalue weighted by atomic mass is 10.1. The standard InChI is InChI=1S/C14H17N3O5/c18-9-15-7-12(19)17-11(14(22)16-8-13(20)21)6-10-4-2-1-3-5-10/h1-5,9,11H,6-8H2,(H,15,18)(H,16,22)(H,17,19)(H,20,21)/t11-/m0/s1. The third-order valence-corrected chi connectivity index (χ3v) is 2.69. The molecule has 0 aliphatic carbocycles. The number of carboxylic acids is 1. The van der Waals surface area contributed by atoms with Gasteiger partial charge in [-0.3, -0.25) is 19.2 Å². The van der Waals surface area contributed by atoms with Crippen molar-refractivity contribution >= 4 is 24.2 Å². The largest absolute Gasteiger partial charge is 0.480 e. The van der Waals surface area contributed by atoms with Gasteiger partial charge in [0, 0.05) is 6.42 Å². The predicted octanol–water partition coefficient (Wildman–Crippen LogP) is -1.34. The Labute approximate surface area is 126 Å². The van der Waals surface area contributed by atoms with Crippen LogP contribution >= 0.6 is 0 Å². The van der Waals surface area contributed by atoms with E-state index < -0.39 is 30.4 Å². The molecule has 0 aliphatic heterocycles. The topological polar surface area (TPSA) is 125 Å². The minimum Gasteiger partial charge on any atom is -0.480 e. The van der Waals surface area contributed by atoms with Gasteiger partial charge in [-0.25, -0.2) is 0 Å². The smallest absolute Gasteiger partial charge is 0.322 e. The van der Waals surface area contributed by atoms with Crippen molar-refractivity contribution in [2.75, 3.05) is 13.1 Å². The third kappa shape index (κ3) is 6.51. The van der Waals surface area contributed by atoms with E-state index in [1.54, 1.807) is 24.3 Å². The van der Waals surface area contributed by atoms with E-state index in [4.69, 9.17) is 5.11 Å². The molecule has 0 heterocycles. The Balaban J connectivity index is 2.70. The summed E-state index contributed by atoms with van der Waals surface area (Å²) in [5, 5.41) is 15.4. The second-order valence-electron chi connectivity index (χ2n) is 4.42. The highest BCUT2D eigenvalue weighted by atomic mass is 16.4. The Kier molecular flexibility index (Phi) is 7.10. The Bertz CT molecular complexity index is 533. The van der Waals surface area contributed by atoms with E-state index in [2.05, 4.69) is 16.0 Å². The molecule has 8 heteroatoms. The molecular formula is C14H17N3O5. The number of rotatable bonds is 9. The molecule has 4 N–H and O–H groups in total. The van der Waals surface area contributed by atoms with Gasteiger partial charge in [-0.05, 0) is 5.56 Å². The van der Waals surface area contributed by atoms with Gasteiger partial charge in [-0.1, -0.05) is 30.3 Å². The lowest BCUT2D eigenvalue weighted by Gasteiger charge is -2.18. The van der Waals surface area contributed by atoms with Crippen molar-refractivity contribution in [1.29, 1.82) is 0 Å². The lowest BCUT2D eigenvalue weighted by Crippen LogP contribution is -2.50. The summed E-state index contributed by atoms with van der Waals surface area (Å²) in [5.41, 5.74) is 0.807. The van der Waals surface area contributed by atoms with Gasteiger partial charge < -0.3 is 21.1 Å². The van der Waals surface area contributed by atoms with E-state index in [0.717, 1.165) is 5.56 Å². The van der Waals surface area contributed by atoms with E-state index in [1.807, 2.05) is 6.07 Å². The molecule has 1 aromatic carbocycles. The van der Waals surface area contributed by atoms with Gasteiger partial charge in [-0.15, -0.1) is 0 Å². The fraction of sp³-hybridized carbons (Fsp3) is 0.286. The summed E-state index contributed by atoms with van der Waals surface area (Å²) in [6.45, 7) is -0.798. The number of hydrogen-bond donors (Lipinski definition) is 4. The molecule has 0 bridgehead atoms. The van der Waals surface area contributed by atoms with Crippen LogP contribution in [0.2, 0.25) is 0 Å². The van der Waals surface area contributed by atoms with Crippen molar-refractivity contribution in [2.24, 2.45) is 0 Å². The number of carbonyl (C=O) groups is 4. The van der Waals surface area contributed by atoms with Crippen LogP contribution in [0.15, 0.2) is 30.3 Å². The Hall–Kier alpha value is -2.90. The summed E-state index contributed by atoms with van der Waals surface area (Å²) in [6.07, 6.45) is 0.579. The number of hydrogen-bond acceptors (Lipinski definition) is 4. The molecule has 22 heavy (non-hydrogen) atoms. The first-order valence-electron chi connectivity index (χ1n) is 6.52. The quantitative estimate of drug-likeness (QED) is 0.420. The normalized spacial score (nSPS) is 11.1. The van der Waals surface area contributed by atoms with Crippen LogP contribution in [0.3, 0.4) is 0 Å². The van der Waals surface area contributed by atoms with Crippen LogP contribution in [0.4, 0.5) is 0 Å². The Morgan fingerprint density at radius 3 is 2.41 bits per heavy atom. The van der Waals surface area contributed by atoms with Crippen molar-refractivity contribution in [2.45, 2.75) is 12.5 Å². The fourth-order valence-corrected chi connectivity index (χ4v) is 1.72. The second kappa shape index (κ2) is 9.11. The van der Waals surface area contributed by atoms with Crippen LogP contribution in [0.5, 0.6) is 0 Å². The fourth-order valence-electron chi connectivity index (χ4n) is 1.72. The van der Waals surface area contributed by atoms with Gasteiger partial charge in [0.25, 0.3) is 0 Å². The van der Waals surface area contributed by atoms with Crippen molar-refractivity contribution in [3.8, 4) is 0 Å². The Morgan fingerprint density at radius 2 is 1.82 bits per heavy atom. The molecular weight excluding hydrogens is 290 g/mol. The van der Waals surface area contributed by atoms with Crippen molar-refractivity contribution in [3.63, 3.8) is 0 Å². The molecule has 0 aliphatic rings. The average Bonchev–Trinajstić information content (AvgIpc) is 2.51. The molecule has 0 saturated carbocycles. The summed E-state index contributed by atoms with van der Waals surface area (Å²) in [6, 6.07) is 8.04. The molecule has 1 rings (SSSR count). The first kappa shape index (κ1) is 17.2. The van der Waals surface area contributed by atoms with Crippen molar-refractivity contribution < 1.29 is 24.3 Å². The number of aliphatic carboxylic acids is 1. The van der Waals surface area contributed by atoms with Gasteiger partial charge >= 0.3 is 5.97 Å². The summed E-state index contributed by atoms with van der Waals surface area (Å²) < 4.78 is 0. The van der Waals surface area contributed by atoms with Crippen LogP contribution in [0, 0.1) is 0 Å². The second-order valence-corrected chi connectivity index (χ2v) is 4.42. The maximum atomic E-state index is 12.0. The summed E-state index contributed by atoms with van der Waals surface area (Å²) >= 11 is 0. The molecule has 0 saturated heterocycles. The van der Waals surface area contributed by atoms with Gasteiger partial charge in [0.15, 0.2) is 0 Å². The van der Waals surface area contributed by atoms with E-state index in [1.165, 1.54) is 0 Å². The summed E-state index contributed by atoms with van der Waals surface area (Å²) in [4.78, 5) is 44.3. The minimum atomic E-state index is -1.18. The van der Waals surface area contributed by atoms with E-state index in [-0.39, 0.29) is 13.0 Å². The molecule has 8 nitrogen and oxygen atoms in total. The highest BCUT2D eigenvalue weighted by molar-refractivity contribution is 5.90. The van der Waals surface area contributed by atoms with E-state index in [9.17, 15) is 19.2 Å². The average molecular weight is 307 g/mol. The van der Waals surface area contributed by atoms with Crippen LogP contribution < -0.4 is 16.0 Å². The molecule has 0 fully saturated rings. The molecule has 0 spiro atoms. The summed E-state index contributed by atoms with van der Waals surface area (Å²) in [5.74, 6) is -2.33. The van der Waals surface area contributed by atoms with Crippen molar-refractivity contribution in [3.05, 3.63) is 35.9 Å². The molecule has 1 aromatic rings. The first-order chi connectivity index (χ1) is 10.5. The molecule has 3 amide bonds. The predicted molar refractivity (Wildman–Crippen MR) is 76.8 cm³/mol. The minimum absolute atomic E-state index is 0.207. The maximum absolute atomic E-state index is 12.0. The monoisotopic (exact) mass is 307 g/mol. The van der Waals surface area contributed by atoms with Crippen molar-refractivity contribution in [1.82, 2.24) is 16.0 Å². The number of benzene rings is 1. The SMILES string of the molecule is O=CNCC(=O)N[C@@H](Cc1ccccc1)C(=O)NCC(=O)O. The van der Waals surface area contributed by atoms with E-state index in [0.29, 0.717) is 6.41 Å². The zero-order chi connectivity index (χ0) is 16.4. The van der Waals surface area contributed by atoms with Crippen LogP contribution in [0.25, 0.3) is 0 Å². The Morgan fingerprint density at radius 1 is 1.14 bits per heavy atom. The van der Waals surface area contributed by atoms with E-state index >= 15 is 0 Å². The number of carboxylic acid groups (broad SMARTS) is 1. The van der Waals surface area contributed by atoms with Gasteiger partial charge in [0.1, 0.15) is 12.6 Å². The van der Waals surface area contributed by atoms with Gasteiger partial charge in [0.2, 0.25) is 18.2 Å². The lowest BCUT2D eigenvalue weighted by molar-refractivity contribution is -0.138. The molecule has 0 aromatic heterocycles. The molecule has 0 radical (unpaired) electrons. The van der Waals surface area contributed by atoms with Gasteiger partial charge in [-0.2, -0.15) is 0 Å². The molecule has 1 atom stereocenters. The highest BCUT2D eigenvalue weighted by Crippen LogP contribution is 2.03. The highest BCUT2D eigenvalue weighted by Gasteiger charge is 2.21. The zero-order valence-electron chi connectivity index (χ0n) is 11.7. The zero-order valence-corrected chi connectivity index (χ0v) is 11.7. The molecule has 0 unspecified atom stereocenters. The van der Waals surface area contributed by atoms with Crippen LogP contribution in [-0.2, 0) is 25.6 Å². The number of nitrogens with one attached hydrogen (secondary N) is 3. The molecule has 118 valence electrons. The van der Waals surface area contributed by atoms with Gasteiger partial charge in [0.05, 0.1) is 6.54 Å². The summed E-state index contributed by atoms with van der Waals surface area (Å²) in [7, 11) is 0. The third-order valence-electron chi connectivity index (χ3n) is 2.69.